The van der Waals surface area contributed by atoms with Gasteiger partial charge in [0.15, 0.2) is 0 Å². The first-order valence-electron chi connectivity index (χ1n) is 4.61. The summed E-state index contributed by atoms with van der Waals surface area (Å²) in [6, 6.07) is 0. The molecule has 1 unspecified atom stereocenters. The van der Waals surface area contributed by atoms with Crippen LogP contribution in [0.25, 0.3) is 0 Å². The molecule has 0 saturated heterocycles. The summed E-state index contributed by atoms with van der Waals surface area (Å²) in [6.07, 6.45) is 4.00. The predicted octanol–water partition coefficient (Wildman–Crippen LogP) is 0.597. The standard InChI is InChI=1S/C11H19.Li/c1-8(2)10-5-6-11(7-10)9(3)4;/h9-10H,1,5-7H2,2-4H3;/q-1;+1. The Morgan fingerprint density at radius 2 is 2.08 bits per heavy atom. The molecule has 1 heteroatoms. The van der Waals surface area contributed by atoms with Crippen molar-refractivity contribution in [2.24, 2.45) is 11.8 Å². The summed E-state index contributed by atoms with van der Waals surface area (Å²) in [4.78, 5) is 0. The maximum atomic E-state index is 4.02. The van der Waals surface area contributed by atoms with Gasteiger partial charge in [-0.15, -0.1) is 0 Å². The third-order valence-corrected chi connectivity index (χ3v) is 2.84. The minimum absolute atomic E-state index is 0. The third kappa shape index (κ3) is 3.00. The fourth-order valence-corrected chi connectivity index (χ4v) is 1.83. The van der Waals surface area contributed by atoms with E-state index in [0.717, 1.165) is 11.8 Å². The van der Waals surface area contributed by atoms with Gasteiger partial charge in [0.2, 0.25) is 0 Å². The second kappa shape index (κ2) is 5.15. The van der Waals surface area contributed by atoms with Gasteiger partial charge in [-0.3, -0.25) is 0 Å². The predicted molar refractivity (Wildman–Crippen MR) is 50.2 cm³/mol. The van der Waals surface area contributed by atoms with Crippen molar-refractivity contribution >= 4 is 0 Å². The molecule has 1 fully saturated rings. The van der Waals surface area contributed by atoms with Crippen LogP contribution in [0, 0.1) is 17.8 Å². The van der Waals surface area contributed by atoms with Crippen LogP contribution < -0.4 is 18.9 Å². The van der Waals surface area contributed by atoms with E-state index >= 15 is 0 Å². The van der Waals surface area contributed by atoms with Gasteiger partial charge in [0.25, 0.3) is 0 Å². The van der Waals surface area contributed by atoms with Crippen LogP contribution in [-0.2, 0) is 0 Å². The molecule has 0 amide bonds. The van der Waals surface area contributed by atoms with Crippen molar-refractivity contribution in [1.29, 1.82) is 0 Å². The van der Waals surface area contributed by atoms with Crippen LogP contribution in [0.5, 0.6) is 0 Å². The van der Waals surface area contributed by atoms with E-state index in [9.17, 15) is 0 Å². The molecule has 0 nitrogen and oxygen atoms in total. The summed E-state index contributed by atoms with van der Waals surface area (Å²) in [6.45, 7) is 10.8. The number of rotatable bonds is 2. The van der Waals surface area contributed by atoms with Gasteiger partial charge in [0, 0.05) is 0 Å². The minimum Gasteiger partial charge on any atom is -0.311 e. The summed E-state index contributed by atoms with van der Waals surface area (Å²) in [5.41, 5.74) is 1.38. The van der Waals surface area contributed by atoms with Crippen molar-refractivity contribution in [2.75, 3.05) is 0 Å². The van der Waals surface area contributed by atoms with Crippen LogP contribution in [0.15, 0.2) is 12.2 Å². The van der Waals surface area contributed by atoms with Gasteiger partial charge in [-0.05, 0) is 6.92 Å². The molecule has 1 rings (SSSR count). The van der Waals surface area contributed by atoms with Crippen LogP contribution in [0.4, 0.5) is 0 Å². The molecule has 0 heterocycles. The van der Waals surface area contributed by atoms with E-state index in [-0.39, 0.29) is 18.9 Å². The fraction of sp³-hybridized carbons (Fsp3) is 0.727. The van der Waals surface area contributed by atoms with Gasteiger partial charge < -0.3 is 5.92 Å². The molecule has 1 aliphatic rings. The van der Waals surface area contributed by atoms with E-state index in [1.807, 2.05) is 0 Å². The summed E-state index contributed by atoms with van der Waals surface area (Å²) in [7, 11) is 0. The minimum atomic E-state index is 0. The Labute approximate surface area is 89.0 Å². The molecule has 0 bridgehead atoms. The Balaban J connectivity index is 0.00000121. The van der Waals surface area contributed by atoms with Crippen molar-refractivity contribution in [3.63, 3.8) is 0 Å². The van der Waals surface area contributed by atoms with Gasteiger partial charge in [0.05, 0.1) is 0 Å². The van der Waals surface area contributed by atoms with Gasteiger partial charge in [0.1, 0.15) is 0 Å². The summed E-state index contributed by atoms with van der Waals surface area (Å²) in [5.74, 6) is 3.34. The molecular formula is C11H19Li. The Hall–Kier alpha value is 0.337. The maximum Gasteiger partial charge on any atom is 1.00 e. The van der Waals surface area contributed by atoms with E-state index in [1.165, 1.54) is 24.8 Å². The zero-order valence-electron chi connectivity index (χ0n) is 8.98. The molecule has 0 aliphatic heterocycles. The van der Waals surface area contributed by atoms with Crippen molar-refractivity contribution in [3.8, 4) is 0 Å². The molecule has 1 saturated carbocycles. The first-order chi connectivity index (χ1) is 5.11. The third-order valence-electron chi connectivity index (χ3n) is 2.84. The molecule has 12 heavy (non-hydrogen) atoms. The van der Waals surface area contributed by atoms with Gasteiger partial charge in [-0.1, -0.05) is 38.3 Å². The molecule has 1 aliphatic carbocycles. The first kappa shape index (κ1) is 12.3. The normalized spacial score (nSPS) is 24.2. The largest absolute Gasteiger partial charge is 1.00 e. The first-order valence-corrected chi connectivity index (χ1v) is 4.61. The summed E-state index contributed by atoms with van der Waals surface area (Å²) < 4.78 is 0. The van der Waals surface area contributed by atoms with Crippen LogP contribution >= 0.6 is 0 Å². The smallest absolute Gasteiger partial charge is 0.311 e. The molecule has 64 valence electrons. The maximum absolute atomic E-state index is 4.02. The zero-order valence-corrected chi connectivity index (χ0v) is 8.98. The van der Waals surface area contributed by atoms with Gasteiger partial charge in [-0.25, -0.2) is 0 Å². The molecule has 0 aromatic heterocycles. The van der Waals surface area contributed by atoms with E-state index in [1.54, 1.807) is 5.92 Å². The van der Waals surface area contributed by atoms with E-state index < -0.39 is 0 Å². The molecule has 0 spiro atoms. The SMILES string of the molecule is C=C(C)C1CC[C-](C(C)C)C1.[Li+]. The van der Waals surface area contributed by atoms with E-state index in [2.05, 4.69) is 27.4 Å². The molecular weight excluding hydrogens is 139 g/mol. The molecule has 0 N–H and O–H groups in total. The summed E-state index contributed by atoms with van der Waals surface area (Å²) in [5, 5.41) is 0. The van der Waals surface area contributed by atoms with E-state index in [0.29, 0.717) is 0 Å². The zero-order chi connectivity index (χ0) is 8.43. The monoisotopic (exact) mass is 158 g/mol. The summed E-state index contributed by atoms with van der Waals surface area (Å²) >= 11 is 0. The van der Waals surface area contributed by atoms with Crippen LogP contribution in [0.2, 0.25) is 0 Å². The molecule has 1 atom stereocenters. The molecule has 0 radical (unpaired) electrons. The Bertz CT molecular complexity index is 149. The average molecular weight is 158 g/mol. The molecule has 0 aromatic rings. The van der Waals surface area contributed by atoms with Crippen molar-refractivity contribution in [2.45, 2.75) is 40.0 Å². The van der Waals surface area contributed by atoms with Gasteiger partial charge >= 0.3 is 18.9 Å². The van der Waals surface area contributed by atoms with E-state index in [4.69, 9.17) is 0 Å². The number of hydrogen-bond donors (Lipinski definition) is 0. The fourth-order valence-electron chi connectivity index (χ4n) is 1.83. The Kier molecular flexibility index (Phi) is 5.30. The second-order valence-electron chi connectivity index (χ2n) is 4.10. The quantitative estimate of drug-likeness (QED) is 0.313. The average Bonchev–Trinajstić information content (AvgIpc) is 2.33. The van der Waals surface area contributed by atoms with Crippen molar-refractivity contribution in [1.82, 2.24) is 0 Å². The van der Waals surface area contributed by atoms with Crippen molar-refractivity contribution < 1.29 is 18.9 Å². The number of allylic oxidation sites excluding steroid dienone is 1. The van der Waals surface area contributed by atoms with Crippen LogP contribution in [0.1, 0.15) is 40.0 Å². The van der Waals surface area contributed by atoms with Gasteiger partial charge in [-0.2, -0.15) is 18.8 Å². The van der Waals surface area contributed by atoms with Crippen molar-refractivity contribution in [3.05, 3.63) is 18.1 Å². The number of hydrogen-bond acceptors (Lipinski definition) is 0. The van der Waals surface area contributed by atoms with Crippen LogP contribution in [-0.4, -0.2) is 0 Å². The Morgan fingerprint density at radius 1 is 1.50 bits per heavy atom. The van der Waals surface area contributed by atoms with Crippen LogP contribution in [0.3, 0.4) is 0 Å². The second-order valence-corrected chi connectivity index (χ2v) is 4.10. The Morgan fingerprint density at radius 3 is 2.33 bits per heavy atom. The molecule has 0 aromatic carbocycles. The topological polar surface area (TPSA) is 0 Å².